The van der Waals surface area contributed by atoms with Gasteiger partial charge in [-0.2, -0.15) is 0 Å². The van der Waals surface area contributed by atoms with Gasteiger partial charge in [-0.05, 0) is 24.3 Å². The molecular formula is C16H19NO6S2. The number of rotatable bonds is 8. The molecule has 7 nitrogen and oxygen atoms in total. The summed E-state index contributed by atoms with van der Waals surface area (Å²) in [5.41, 5.74) is 0. The molecule has 0 radical (unpaired) electrons. The van der Waals surface area contributed by atoms with Crippen LogP contribution in [0.3, 0.4) is 0 Å². The highest BCUT2D eigenvalue weighted by Gasteiger charge is 2.31. The van der Waals surface area contributed by atoms with E-state index in [1.165, 1.54) is 24.5 Å². The summed E-state index contributed by atoms with van der Waals surface area (Å²) >= 11 is 0. The summed E-state index contributed by atoms with van der Waals surface area (Å²) in [6.45, 7) is -0.215. The third kappa shape index (κ3) is 5.43. The highest BCUT2D eigenvalue weighted by molar-refractivity contribution is 7.91. The van der Waals surface area contributed by atoms with Crippen molar-refractivity contribution in [2.45, 2.75) is 16.6 Å². The van der Waals surface area contributed by atoms with Gasteiger partial charge in [0.05, 0.1) is 16.9 Å². The van der Waals surface area contributed by atoms with Crippen LogP contribution < -0.4 is 5.32 Å². The van der Waals surface area contributed by atoms with Crippen LogP contribution in [0.5, 0.6) is 0 Å². The number of nitrogens with one attached hydrogen (secondary N) is 1. The Bertz CT molecular complexity index is 903. The van der Waals surface area contributed by atoms with E-state index in [1.54, 1.807) is 24.3 Å². The van der Waals surface area contributed by atoms with E-state index in [-0.39, 0.29) is 29.4 Å². The first-order valence-corrected chi connectivity index (χ1v) is 11.1. The molecule has 1 unspecified atom stereocenters. The summed E-state index contributed by atoms with van der Waals surface area (Å²) in [4.78, 5) is 11.9. The maximum absolute atomic E-state index is 12.9. The first kappa shape index (κ1) is 19.2. The van der Waals surface area contributed by atoms with Crippen molar-refractivity contribution >= 4 is 25.6 Å². The Morgan fingerprint density at radius 1 is 1.08 bits per heavy atom. The second-order valence-corrected chi connectivity index (χ2v) is 9.94. The minimum Gasteiger partial charge on any atom is -0.468 e. The van der Waals surface area contributed by atoms with Crippen LogP contribution in [-0.2, 0) is 24.5 Å². The number of sulfone groups is 2. The van der Waals surface area contributed by atoms with Crippen LogP contribution in [0.2, 0.25) is 0 Å². The van der Waals surface area contributed by atoms with Gasteiger partial charge in [0.1, 0.15) is 20.8 Å². The molecule has 1 atom stereocenters. The van der Waals surface area contributed by atoms with Crippen molar-refractivity contribution in [1.82, 2.24) is 5.32 Å². The number of hydrogen-bond donors (Lipinski definition) is 1. The Morgan fingerprint density at radius 2 is 1.76 bits per heavy atom. The topological polar surface area (TPSA) is 111 Å². The molecule has 0 bridgehead atoms. The van der Waals surface area contributed by atoms with E-state index in [0.717, 1.165) is 6.26 Å². The first-order chi connectivity index (χ1) is 11.7. The third-order valence-electron chi connectivity index (χ3n) is 3.49. The van der Waals surface area contributed by atoms with Gasteiger partial charge < -0.3 is 9.73 Å². The second-order valence-electron chi connectivity index (χ2n) is 5.55. The standard InChI is InChI=1S/C16H19NO6S2/c1-24(19,20)11-9-16(18)17-12-15(14-8-5-10-23-14)25(21,22)13-6-3-2-4-7-13/h2-8,10,15H,9,11-12H2,1H3,(H,17,18). The number of carbonyl (C=O) groups is 1. The normalized spacial score (nSPS) is 13.3. The zero-order chi connectivity index (χ0) is 18.5. The molecule has 0 saturated carbocycles. The molecule has 2 aromatic rings. The van der Waals surface area contributed by atoms with Crippen molar-refractivity contribution in [3.05, 3.63) is 54.5 Å². The van der Waals surface area contributed by atoms with Crippen LogP contribution in [0.1, 0.15) is 17.4 Å². The van der Waals surface area contributed by atoms with Crippen LogP contribution in [0.15, 0.2) is 58.0 Å². The summed E-state index contributed by atoms with van der Waals surface area (Å²) in [7, 11) is -7.06. The summed E-state index contributed by atoms with van der Waals surface area (Å²) in [5, 5.41) is 1.37. The minimum absolute atomic E-state index is 0.113. The second kappa shape index (κ2) is 7.83. The van der Waals surface area contributed by atoms with Crippen molar-refractivity contribution in [3.63, 3.8) is 0 Å². The van der Waals surface area contributed by atoms with Crippen molar-refractivity contribution in [2.75, 3.05) is 18.6 Å². The van der Waals surface area contributed by atoms with Gasteiger partial charge in [-0.3, -0.25) is 4.79 Å². The number of carbonyl (C=O) groups excluding carboxylic acids is 1. The molecule has 0 fully saturated rings. The molecule has 0 spiro atoms. The molecule has 1 aromatic heterocycles. The van der Waals surface area contributed by atoms with Gasteiger partial charge >= 0.3 is 0 Å². The minimum atomic E-state index is -3.79. The number of furan rings is 1. The van der Waals surface area contributed by atoms with E-state index in [1.807, 2.05) is 0 Å². The Hall–Kier alpha value is -2.13. The molecule has 1 amide bonds. The van der Waals surface area contributed by atoms with Crippen molar-refractivity contribution in [3.8, 4) is 0 Å². The van der Waals surface area contributed by atoms with Gasteiger partial charge in [0.25, 0.3) is 0 Å². The van der Waals surface area contributed by atoms with Gasteiger partial charge in [0.15, 0.2) is 9.84 Å². The van der Waals surface area contributed by atoms with Gasteiger partial charge in [-0.15, -0.1) is 0 Å². The SMILES string of the molecule is CS(=O)(=O)CCC(=O)NCC(c1ccco1)S(=O)(=O)c1ccccc1. The molecule has 0 saturated heterocycles. The van der Waals surface area contributed by atoms with E-state index < -0.39 is 30.8 Å². The average molecular weight is 385 g/mol. The lowest BCUT2D eigenvalue weighted by Gasteiger charge is -2.16. The lowest BCUT2D eigenvalue weighted by molar-refractivity contribution is -0.120. The maximum atomic E-state index is 12.9. The van der Waals surface area contributed by atoms with Crippen molar-refractivity contribution in [1.29, 1.82) is 0 Å². The van der Waals surface area contributed by atoms with Gasteiger partial charge in [-0.1, -0.05) is 18.2 Å². The van der Waals surface area contributed by atoms with Crippen molar-refractivity contribution < 1.29 is 26.0 Å². The van der Waals surface area contributed by atoms with E-state index in [2.05, 4.69) is 5.32 Å². The Labute approximate surface area is 146 Å². The average Bonchev–Trinajstić information content (AvgIpc) is 3.07. The molecule has 136 valence electrons. The Kier molecular flexibility index (Phi) is 6.02. The molecule has 0 aliphatic rings. The predicted octanol–water partition coefficient (Wildman–Crippen LogP) is 1.35. The molecule has 9 heteroatoms. The highest BCUT2D eigenvalue weighted by atomic mass is 32.2. The first-order valence-electron chi connectivity index (χ1n) is 7.47. The predicted molar refractivity (Wildman–Crippen MR) is 92.4 cm³/mol. The van der Waals surface area contributed by atoms with E-state index in [9.17, 15) is 21.6 Å². The lowest BCUT2D eigenvalue weighted by Crippen LogP contribution is -2.32. The number of benzene rings is 1. The van der Waals surface area contributed by atoms with E-state index in [0.29, 0.717) is 0 Å². The monoisotopic (exact) mass is 385 g/mol. The maximum Gasteiger partial charge on any atom is 0.221 e. The molecule has 1 N–H and O–H groups in total. The van der Waals surface area contributed by atoms with E-state index >= 15 is 0 Å². The zero-order valence-corrected chi connectivity index (χ0v) is 15.2. The molecular weight excluding hydrogens is 366 g/mol. The Balaban J connectivity index is 2.17. The van der Waals surface area contributed by atoms with Crippen LogP contribution in [-0.4, -0.2) is 41.3 Å². The van der Waals surface area contributed by atoms with E-state index in [4.69, 9.17) is 4.42 Å². The molecule has 0 aliphatic heterocycles. The third-order valence-corrected chi connectivity index (χ3v) is 6.51. The number of amides is 1. The van der Waals surface area contributed by atoms with Gasteiger partial charge in [-0.25, -0.2) is 16.8 Å². The number of hydrogen-bond acceptors (Lipinski definition) is 6. The summed E-state index contributed by atoms with van der Waals surface area (Å²) in [6, 6.07) is 10.9. The molecule has 25 heavy (non-hydrogen) atoms. The fourth-order valence-electron chi connectivity index (χ4n) is 2.19. The molecule has 0 aliphatic carbocycles. The smallest absolute Gasteiger partial charge is 0.221 e. The molecule has 1 aromatic carbocycles. The van der Waals surface area contributed by atoms with Crippen LogP contribution in [0, 0.1) is 0 Å². The zero-order valence-electron chi connectivity index (χ0n) is 13.6. The fraction of sp³-hybridized carbons (Fsp3) is 0.312. The summed E-state index contributed by atoms with van der Waals surface area (Å²) < 4.78 is 53.2. The van der Waals surface area contributed by atoms with Crippen LogP contribution in [0.4, 0.5) is 0 Å². The van der Waals surface area contributed by atoms with Crippen molar-refractivity contribution in [2.24, 2.45) is 0 Å². The molecule has 2 rings (SSSR count). The summed E-state index contributed by atoms with van der Waals surface area (Å²) in [5.74, 6) is -0.632. The van der Waals surface area contributed by atoms with Crippen LogP contribution >= 0.6 is 0 Å². The lowest BCUT2D eigenvalue weighted by atomic mass is 10.3. The molecule has 1 heterocycles. The fourth-order valence-corrected chi connectivity index (χ4v) is 4.35. The quantitative estimate of drug-likeness (QED) is 0.734. The van der Waals surface area contributed by atoms with Gasteiger partial charge in [0.2, 0.25) is 5.91 Å². The van der Waals surface area contributed by atoms with Crippen LogP contribution in [0.25, 0.3) is 0 Å². The Morgan fingerprint density at radius 3 is 2.32 bits per heavy atom. The summed E-state index contributed by atoms with van der Waals surface area (Å²) in [6.07, 6.45) is 2.16. The largest absolute Gasteiger partial charge is 0.468 e. The highest BCUT2D eigenvalue weighted by Crippen LogP contribution is 2.28. The van der Waals surface area contributed by atoms with Gasteiger partial charge in [0, 0.05) is 19.2 Å².